The van der Waals surface area contributed by atoms with Gasteiger partial charge < -0.3 is 0 Å². The van der Waals surface area contributed by atoms with Crippen molar-refractivity contribution in [2.24, 2.45) is 4.99 Å². The molecule has 158 valence electrons. The van der Waals surface area contributed by atoms with Gasteiger partial charge >= 0.3 is 0 Å². The summed E-state index contributed by atoms with van der Waals surface area (Å²) in [4.78, 5) is 25.3. The van der Waals surface area contributed by atoms with Gasteiger partial charge in [0.25, 0.3) is 5.91 Å². The second-order valence-corrected chi connectivity index (χ2v) is 9.27. The zero-order chi connectivity index (χ0) is 22.2. The number of amides is 1. The summed E-state index contributed by atoms with van der Waals surface area (Å²) >= 11 is 8.79. The molecular formula is C24H15ClFN3OS2. The molecule has 2 heterocycles. The monoisotopic (exact) mass is 479 g/mol. The molecule has 0 saturated carbocycles. The van der Waals surface area contributed by atoms with E-state index < -0.39 is 5.82 Å². The number of thioether (sulfide) groups is 1. The average molecular weight is 480 g/mol. The van der Waals surface area contributed by atoms with Crippen LogP contribution in [0.3, 0.4) is 0 Å². The highest BCUT2D eigenvalue weighted by molar-refractivity contribution is 7.98. The fraction of sp³-hybridized carbons (Fsp3) is 0.0417. The third-order valence-electron chi connectivity index (χ3n) is 4.92. The van der Waals surface area contributed by atoms with Gasteiger partial charge in [0.1, 0.15) is 17.3 Å². The molecule has 0 aliphatic carbocycles. The van der Waals surface area contributed by atoms with Crippen molar-refractivity contribution in [3.63, 3.8) is 0 Å². The summed E-state index contributed by atoms with van der Waals surface area (Å²) in [6, 6.07) is 20.2. The molecule has 1 aromatic heterocycles. The van der Waals surface area contributed by atoms with E-state index in [1.54, 1.807) is 17.8 Å². The van der Waals surface area contributed by atoms with Crippen LogP contribution in [0.2, 0.25) is 5.02 Å². The number of hydrogen-bond acceptors (Lipinski definition) is 5. The fourth-order valence-electron chi connectivity index (χ4n) is 3.34. The lowest BCUT2D eigenvalue weighted by Crippen LogP contribution is -2.32. The number of benzene rings is 3. The highest BCUT2D eigenvalue weighted by Gasteiger charge is 2.34. The summed E-state index contributed by atoms with van der Waals surface area (Å²) in [7, 11) is 0. The molecule has 0 fully saturated rings. The number of anilines is 1. The van der Waals surface area contributed by atoms with Crippen LogP contribution in [0.5, 0.6) is 0 Å². The van der Waals surface area contributed by atoms with Crippen molar-refractivity contribution >= 4 is 67.9 Å². The Morgan fingerprint density at radius 3 is 2.56 bits per heavy atom. The van der Waals surface area contributed by atoms with Crippen molar-refractivity contribution in [3.8, 4) is 0 Å². The number of thiazole rings is 1. The molecule has 0 unspecified atom stereocenters. The van der Waals surface area contributed by atoms with Crippen molar-refractivity contribution in [3.05, 3.63) is 94.4 Å². The normalized spacial score (nSPS) is 15.1. The van der Waals surface area contributed by atoms with Crippen molar-refractivity contribution in [2.45, 2.75) is 4.90 Å². The molecular weight excluding hydrogens is 465 g/mol. The van der Waals surface area contributed by atoms with Crippen molar-refractivity contribution in [2.75, 3.05) is 11.2 Å². The van der Waals surface area contributed by atoms with E-state index in [1.165, 1.54) is 28.4 Å². The second-order valence-electron chi connectivity index (χ2n) is 6.98. The number of amidine groups is 1. The van der Waals surface area contributed by atoms with Gasteiger partial charge in [-0.3, -0.25) is 4.79 Å². The predicted molar refractivity (Wildman–Crippen MR) is 131 cm³/mol. The summed E-state index contributed by atoms with van der Waals surface area (Å²) in [5, 5.41) is 0.406. The van der Waals surface area contributed by atoms with Gasteiger partial charge in [-0.25, -0.2) is 19.3 Å². The van der Waals surface area contributed by atoms with Crippen LogP contribution in [0.15, 0.2) is 82.3 Å². The summed E-state index contributed by atoms with van der Waals surface area (Å²) in [5.41, 5.74) is 2.50. The lowest BCUT2D eigenvalue weighted by molar-refractivity contribution is -0.113. The standard InChI is InChI=1S/C24H15ClFN3OS2/c1-31-16-9-7-14(8-10-16)11-20-23(30)29(22(27-20)15-5-3-2-4-6-15)24-28-19-12-17(25)18(26)13-21(19)32-24/h2-13H,1H3/b20-11-. The largest absolute Gasteiger partial charge is 0.284 e. The Balaban J connectivity index is 1.61. The quantitative estimate of drug-likeness (QED) is 0.243. The zero-order valence-electron chi connectivity index (χ0n) is 16.8. The van der Waals surface area contributed by atoms with Gasteiger partial charge in [0, 0.05) is 10.5 Å². The number of hydrogen-bond donors (Lipinski definition) is 0. The first-order valence-corrected chi connectivity index (χ1v) is 12.1. The molecule has 1 amide bonds. The lowest BCUT2D eigenvalue weighted by Gasteiger charge is -2.14. The van der Waals surface area contributed by atoms with Crippen LogP contribution >= 0.6 is 34.7 Å². The lowest BCUT2D eigenvalue weighted by atomic mass is 10.2. The van der Waals surface area contributed by atoms with E-state index in [4.69, 9.17) is 11.6 Å². The Morgan fingerprint density at radius 1 is 1.09 bits per heavy atom. The summed E-state index contributed by atoms with van der Waals surface area (Å²) in [5.74, 6) is -0.329. The van der Waals surface area contributed by atoms with E-state index in [0.29, 0.717) is 26.9 Å². The van der Waals surface area contributed by atoms with Crippen LogP contribution in [-0.2, 0) is 4.79 Å². The summed E-state index contributed by atoms with van der Waals surface area (Å²) in [6.45, 7) is 0. The first kappa shape index (κ1) is 20.9. The number of carbonyl (C=O) groups is 1. The molecule has 4 nitrogen and oxygen atoms in total. The number of aliphatic imine (C=N–C) groups is 1. The van der Waals surface area contributed by atoms with Crippen LogP contribution in [-0.4, -0.2) is 23.0 Å². The average Bonchev–Trinajstić information content (AvgIpc) is 3.35. The van der Waals surface area contributed by atoms with Gasteiger partial charge in [-0.15, -0.1) is 11.8 Å². The van der Waals surface area contributed by atoms with Crippen LogP contribution in [0.1, 0.15) is 11.1 Å². The molecule has 4 aromatic rings. The highest BCUT2D eigenvalue weighted by Crippen LogP contribution is 2.36. The van der Waals surface area contributed by atoms with Gasteiger partial charge in [0.2, 0.25) is 0 Å². The van der Waals surface area contributed by atoms with Crippen LogP contribution in [0.25, 0.3) is 16.3 Å². The topological polar surface area (TPSA) is 45.6 Å². The maximum Gasteiger partial charge on any atom is 0.284 e. The molecule has 1 aliphatic rings. The van der Waals surface area contributed by atoms with Crippen LogP contribution < -0.4 is 4.90 Å². The summed E-state index contributed by atoms with van der Waals surface area (Å²) < 4.78 is 14.5. The number of carbonyl (C=O) groups excluding carboxylic acids is 1. The molecule has 0 radical (unpaired) electrons. The summed E-state index contributed by atoms with van der Waals surface area (Å²) in [6.07, 6.45) is 3.78. The number of aromatic nitrogens is 1. The third kappa shape index (κ3) is 3.83. The Morgan fingerprint density at radius 2 is 1.84 bits per heavy atom. The number of rotatable bonds is 4. The number of nitrogens with zero attached hydrogens (tertiary/aromatic N) is 3. The van der Waals surface area contributed by atoms with E-state index in [2.05, 4.69) is 9.98 Å². The first-order chi connectivity index (χ1) is 15.5. The Hall–Kier alpha value is -3.00. The molecule has 1 aliphatic heterocycles. The number of fused-ring (bicyclic) bond motifs is 1. The van der Waals surface area contributed by atoms with E-state index in [1.807, 2.05) is 60.9 Å². The van der Waals surface area contributed by atoms with Crippen molar-refractivity contribution < 1.29 is 9.18 Å². The predicted octanol–water partition coefficient (Wildman–Crippen LogP) is 6.65. The molecule has 0 spiro atoms. The molecule has 0 N–H and O–H groups in total. The Kier molecular flexibility index (Phi) is 5.55. The minimum atomic E-state index is -0.520. The minimum absolute atomic E-state index is 0.00618. The Bertz CT molecular complexity index is 1360. The van der Waals surface area contributed by atoms with E-state index >= 15 is 0 Å². The van der Waals surface area contributed by atoms with Crippen molar-refractivity contribution in [1.29, 1.82) is 0 Å². The smallest absolute Gasteiger partial charge is 0.266 e. The van der Waals surface area contributed by atoms with Gasteiger partial charge in [-0.05, 0) is 42.2 Å². The van der Waals surface area contributed by atoms with Crippen molar-refractivity contribution in [1.82, 2.24) is 4.98 Å². The van der Waals surface area contributed by atoms with Crippen LogP contribution in [0, 0.1) is 5.82 Å². The van der Waals surface area contributed by atoms with E-state index in [0.717, 1.165) is 16.0 Å². The molecule has 0 saturated heterocycles. The molecule has 0 bridgehead atoms. The van der Waals surface area contributed by atoms with E-state index in [9.17, 15) is 9.18 Å². The van der Waals surface area contributed by atoms with E-state index in [-0.39, 0.29) is 10.9 Å². The molecule has 8 heteroatoms. The Labute approximate surface area is 197 Å². The van der Waals surface area contributed by atoms with Gasteiger partial charge in [0.05, 0.1) is 15.2 Å². The zero-order valence-corrected chi connectivity index (χ0v) is 19.1. The van der Waals surface area contributed by atoms with Gasteiger partial charge in [-0.1, -0.05) is 65.4 Å². The fourth-order valence-corrected chi connectivity index (χ4v) is 4.88. The maximum atomic E-state index is 13.9. The molecule has 0 atom stereocenters. The number of halogens is 2. The molecule has 32 heavy (non-hydrogen) atoms. The third-order valence-corrected chi connectivity index (χ3v) is 6.96. The van der Waals surface area contributed by atoms with Gasteiger partial charge in [-0.2, -0.15) is 0 Å². The first-order valence-electron chi connectivity index (χ1n) is 9.63. The maximum absolute atomic E-state index is 13.9. The molecule has 5 rings (SSSR count). The van der Waals surface area contributed by atoms with Gasteiger partial charge in [0.15, 0.2) is 5.13 Å². The minimum Gasteiger partial charge on any atom is -0.266 e. The highest BCUT2D eigenvalue weighted by atomic mass is 35.5. The molecule has 3 aromatic carbocycles. The second kappa shape index (κ2) is 8.50. The SMILES string of the molecule is CSc1ccc(/C=C2\N=C(c3ccccc3)N(c3nc4cc(Cl)c(F)cc4s3)C2=O)cc1. The van der Waals surface area contributed by atoms with Crippen LogP contribution in [0.4, 0.5) is 9.52 Å².